The Bertz CT molecular complexity index is 524. The summed E-state index contributed by atoms with van der Waals surface area (Å²) in [5.41, 5.74) is 2.07. The first-order chi connectivity index (χ1) is 11.2. The van der Waals surface area contributed by atoms with Crippen molar-refractivity contribution in [2.45, 2.75) is 38.7 Å². The van der Waals surface area contributed by atoms with Crippen LogP contribution in [-0.4, -0.2) is 31.3 Å². The minimum atomic E-state index is -0.0314. The fraction of sp³-hybridized carbons (Fsp3) is 0.526. The number of aliphatic hydroxyl groups is 1. The van der Waals surface area contributed by atoms with E-state index in [-0.39, 0.29) is 24.5 Å². The second-order valence-electron chi connectivity index (χ2n) is 6.05. The third-order valence-corrected chi connectivity index (χ3v) is 4.32. The number of methoxy groups -OCH3 is 1. The van der Waals surface area contributed by atoms with Crippen LogP contribution >= 0.6 is 0 Å². The predicted molar refractivity (Wildman–Crippen MR) is 92.4 cm³/mol. The molecule has 1 N–H and O–H groups in total. The van der Waals surface area contributed by atoms with E-state index in [1.165, 1.54) is 0 Å². The molecule has 1 aromatic rings. The molecule has 0 saturated carbocycles. The molecule has 2 atom stereocenters. The molecule has 0 unspecified atom stereocenters. The number of ether oxygens (including phenoxy) is 1. The molecule has 1 aliphatic rings. The summed E-state index contributed by atoms with van der Waals surface area (Å²) in [5, 5.41) is 8.85. The van der Waals surface area contributed by atoms with Gasteiger partial charge in [-0.25, -0.2) is 0 Å². The molecular weight excluding hydrogens is 290 g/mol. The minimum absolute atomic E-state index is 0.0314. The third-order valence-electron chi connectivity index (χ3n) is 4.32. The molecule has 0 spiro atoms. The zero-order chi connectivity index (χ0) is 16.7. The van der Waals surface area contributed by atoms with Crippen molar-refractivity contribution in [1.29, 1.82) is 0 Å². The van der Waals surface area contributed by atoms with Crippen molar-refractivity contribution in [3.63, 3.8) is 0 Å². The van der Waals surface area contributed by atoms with Crippen LogP contribution < -0.4 is 4.90 Å². The van der Waals surface area contributed by atoms with Crippen LogP contribution in [0.3, 0.4) is 0 Å². The van der Waals surface area contributed by atoms with Crippen LogP contribution in [0.25, 0.3) is 0 Å². The molecular formula is C19H27NO3. The molecule has 1 aliphatic heterocycles. The Morgan fingerprint density at radius 2 is 2.04 bits per heavy atom. The van der Waals surface area contributed by atoms with Gasteiger partial charge in [0.2, 0.25) is 5.91 Å². The Hall–Kier alpha value is -1.65. The van der Waals surface area contributed by atoms with Gasteiger partial charge in [0, 0.05) is 38.3 Å². The van der Waals surface area contributed by atoms with E-state index in [1.807, 2.05) is 35.2 Å². The second kappa shape index (κ2) is 8.85. The monoisotopic (exact) mass is 317 g/mol. The third kappa shape index (κ3) is 4.66. The van der Waals surface area contributed by atoms with Crippen LogP contribution in [0.15, 0.2) is 36.4 Å². The fourth-order valence-electron chi connectivity index (χ4n) is 3.06. The highest BCUT2D eigenvalue weighted by molar-refractivity contribution is 5.93. The summed E-state index contributed by atoms with van der Waals surface area (Å²) in [7, 11) is 1.71. The average Bonchev–Trinajstić information content (AvgIpc) is 2.57. The number of amides is 1. The van der Waals surface area contributed by atoms with Crippen LogP contribution in [0.1, 0.15) is 44.3 Å². The van der Waals surface area contributed by atoms with Crippen molar-refractivity contribution in [3.8, 4) is 0 Å². The number of hydrogen-bond donors (Lipinski definition) is 1. The maximum absolute atomic E-state index is 12.0. The quantitative estimate of drug-likeness (QED) is 0.784. The topological polar surface area (TPSA) is 49.8 Å². The zero-order valence-corrected chi connectivity index (χ0v) is 14.1. The number of piperidine rings is 1. The van der Waals surface area contributed by atoms with E-state index >= 15 is 0 Å². The van der Waals surface area contributed by atoms with Crippen molar-refractivity contribution in [2.75, 3.05) is 25.2 Å². The number of hydrogen-bond acceptors (Lipinski definition) is 3. The van der Waals surface area contributed by atoms with Gasteiger partial charge in [0.15, 0.2) is 0 Å². The van der Waals surface area contributed by atoms with Gasteiger partial charge in [0.25, 0.3) is 0 Å². The van der Waals surface area contributed by atoms with Crippen molar-refractivity contribution >= 4 is 11.6 Å². The Kier molecular flexibility index (Phi) is 6.81. The zero-order valence-electron chi connectivity index (χ0n) is 14.1. The maximum Gasteiger partial charge on any atom is 0.226 e. The van der Waals surface area contributed by atoms with E-state index in [9.17, 15) is 4.79 Å². The standard InChI is InChI=1S/C19H27NO3/c1-15(7-4-6-14-21)19(23-2)16-9-11-17(12-10-16)20-13-5-3-8-18(20)22/h4,7,9-12,15,19,21H,3,5-6,8,13-14H2,1-2H3/b7-4+/t15-,19+/m0/s1. The largest absolute Gasteiger partial charge is 0.396 e. The Balaban J connectivity index is 2.08. The highest BCUT2D eigenvalue weighted by Crippen LogP contribution is 2.29. The maximum atomic E-state index is 12.0. The number of carbonyl (C=O) groups excluding carboxylic acids is 1. The molecule has 4 nitrogen and oxygen atoms in total. The summed E-state index contributed by atoms with van der Waals surface area (Å²) < 4.78 is 5.64. The minimum Gasteiger partial charge on any atom is -0.396 e. The number of carbonyl (C=O) groups is 1. The molecule has 1 fully saturated rings. The molecule has 2 rings (SSSR count). The lowest BCUT2D eigenvalue weighted by atomic mass is 9.96. The number of nitrogens with zero attached hydrogens (tertiary/aromatic N) is 1. The predicted octanol–water partition coefficient (Wildman–Crippen LogP) is 3.47. The molecule has 1 amide bonds. The van der Waals surface area contributed by atoms with Gasteiger partial charge >= 0.3 is 0 Å². The van der Waals surface area contributed by atoms with Crippen LogP contribution in [0, 0.1) is 5.92 Å². The number of benzene rings is 1. The van der Waals surface area contributed by atoms with Gasteiger partial charge in [-0.2, -0.15) is 0 Å². The van der Waals surface area contributed by atoms with E-state index < -0.39 is 0 Å². The lowest BCUT2D eigenvalue weighted by molar-refractivity contribution is -0.119. The fourth-order valence-corrected chi connectivity index (χ4v) is 3.06. The van der Waals surface area contributed by atoms with E-state index in [1.54, 1.807) is 7.11 Å². The van der Waals surface area contributed by atoms with E-state index in [0.29, 0.717) is 12.8 Å². The van der Waals surface area contributed by atoms with Gasteiger partial charge in [0.05, 0.1) is 6.10 Å². The summed E-state index contributed by atoms with van der Waals surface area (Å²) >= 11 is 0. The Labute approximate surface area is 138 Å². The van der Waals surface area contributed by atoms with Crippen LogP contribution in [-0.2, 0) is 9.53 Å². The van der Waals surface area contributed by atoms with Gasteiger partial charge in [-0.05, 0) is 37.0 Å². The number of anilines is 1. The normalized spacial score (nSPS) is 18.4. The highest BCUT2D eigenvalue weighted by Gasteiger charge is 2.21. The first-order valence-electron chi connectivity index (χ1n) is 8.38. The molecule has 0 aromatic heterocycles. The Morgan fingerprint density at radius 3 is 2.65 bits per heavy atom. The Morgan fingerprint density at radius 1 is 1.30 bits per heavy atom. The van der Waals surface area contributed by atoms with E-state index in [4.69, 9.17) is 9.84 Å². The van der Waals surface area contributed by atoms with Crippen LogP contribution in [0.2, 0.25) is 0 Å². The molecule has 0 bridgehead atoms. The summed E-state index contributed by atoms with van der Waals surface area (Å²) in [6, 6.07) is 8.10. The summed E-state index contributed by atoms with van der Waals surface area (Å²) in [6.07, 6.45) is 7.41. The smallest absolute Gasteiger partial charge is 0.226 e. The SMILES string of the molecule is CO[C@@H](c1ccc(N2CCCCC2=O)cc1)[C@@H](C)/C=C/CCO. The molecule has 0 aliphatic carbocycles. The van der Waals surface area contributed by atoms with Crippen molar-refractivity contribution in [1.82, 2.24) is 0 Å². The first-order valence-corrected chi connectivity index (χ1v) is 8.38. The van der Waals surface area contributed by atoms with E-state index in [0.717, 1.165) is 30.6 Å². The van der Waals surface area contributed by atoms with Gasteiger partial charge in [-0.3, -0.25) is 4.79 Å². The van der Waals surface area contributed by atoms with Crippen molar-refractivity contribution < 1.29 is 14.6 Å². The van der Waals surface area contributed by atoms with Crippen LogP contribution in [0.4, 0.5) is 5.69 Å². The van der Waals surface area contributed by atoms with E-state index in [2.05, 4.69) is 13.0 Å². The van der Waals surface area contributed by atoms with Crippen molar-refractivity contribution in [2.24, 2.45) is 5.92 Å². The second-order valence-corrected chi connectivity index (χ2v) is 6.05. The van der Waals surface area contributed by atoms with Crippen molar-refractivity contribution in [3.05, 3.63) is 42.0 Å². The lowest BCUT2D eigenvalue weighted by Gasteiger charge is -2.27. The molecule has 4 heteroatoms. The summed E-state index contributed by atoms with van der Waals surface area (Å²) in [4.78, 5) is 13.9. The molecule has 1 aromatic carbocycles. The molecule has 23 heavy (non-hydrogen) atoms. The number of rotatable bonds is 7. The first kappa shape index (κ1) is 17.7. The summed E-state index contributed by atoms with van der Waals surface area (Å²) in [6.45, 7) is 3.08. The van der Waals surface area contributed by atoms with Crippen LogP contribution in [0.5, 0.6) is 0 Å². The number of aliphatic hydroxyl groups excluding tert-OH is 1. The van der Waals surface area contributed by atoms with Gasteiger partial charge in [0.1, 0.15) is 0 Å². The van der Waals surface area contributed by atoms with Gasteiger partial charge < -0.3 is 14.7 Å². The lowest BCUT2D eigenvalue weighted by Crippen LogP contribution is -2.35. The molecule has 126 valence electrons. The summed E-state index contributed by atoms with van der Waals surface area (Å²) in [5.74, 6) is 0.432. The molecule has 0 radical (unpaired) electrons. The average molecular weight is 317 g/mol. The van der Waals surface area contributed by atoms with Gasteiger partial charge in [-0.15, -0.1) is 0 Å². The molecule has 1 saturated heterocycles. The highest BCUT2D eigenvalue weighted by atomic mass is 16.5. The van der Waals surface area contributed by atoms with Gasteiger partial charge in [-0.1, -0.05) is 31.2 Å². The molecule has 1 heterocycles.